The van der Waals surface area contributed by atoms with E-state index in [0.29, 0.717) is 11.0 Å². The molecule has 0 fully saturated rings. The van der Waals surface area contributed by atoms with Gasteiger partial charge in [-0.25, -0.2) is 4.68 Å². The van der Waals surface area contributed by atoms with Crippen molar-refractivity contribution in [1.29, 1.82) is 0 Å². The van der Waals surface area contributed by atoms with E-state index in [1.807, 2.05) is 31.2 Å². The number of hydrogen-bond acceptors (Lipinski definition) is 5. The topological polar surface area (TPSA) is 66.0 Å². The first-order valence-electron chi connectivity index (χ1n) is 5.14. The van der Waals surface area contributed by atoms with Crippen molar-refractivity contribution in [3.63, 3.8) is 0 Å². The van der Waals surface area contributed by atoms with E-state index >= 15 is 0 Å². The number of methoxy groups -OCH3 is 1. The lowest BCUT2D eigenvalue weighted by Gasteiger charge is -2.07. The fourth-order valence-electron chi connectivity index (χ4n) is 1.41. The van der Waals surface area contributed by atoms with Crippen molar-refractivity contribution in [1.82, 2.24) is 14.9 Å². The number of nitrogens with zero attached hydrogens (tertiary/aromatic N) is 3. The van der Waals surface area contributed by atoms with Gasteiger partial charge >= 0.3 is 0 Å². The zero-order valence-corrected chi connectivity index (χ0v) is 10.6. The molecule has 2 rings (SSSR count). The zero-order valence-electron chi connectivity index (χ0n) is 9.75. The Kier molecular flexibility index (Phi) is 3.53. The summed E-state index contributed by atoms with van der Waals surface area (Å²) in [6.07, 6.45) is 0. The molecular weight excluding hydrogens is 236 g/mol. The van der Waals surface area contributed by atoms with Crippen LogP contribution in [-0.4, -0.2) is 22.0 Å². The smallest absolute Gasteiger partial charge is 0.210 e. The molecular formula is C11H14N4OS. The minimum atomic E-state index is 0.701. The Hall–Kier alpha value is -1.69. The van der Waals surface area contributed by atoms with E-state index in [2.05, 4.69) is 10.2 Å². The second kappa shape index (κ2) is 5.09. The van der Waals surface area contributed by atoms with E-state index in [4.69, 9.17) is 10.6 Å². The molecule has 0 radical (unpaired) electrons. The molecule has 6 heteroatoms. The van der Waals surface area contributed by atoms with E-state index in [0.717, 1.165) is 17.1 Å². The summed E-state index contributed by atoms with van der Waals surface area (Å²) in [6, 6.07) is 7.89. The van der Waals surface area contributed by atoms with Crippen LogP contribution in [0.5, 0.6) is 5.75 Å². The average molecular weight is 250 g/mol. The fourth-order valence-corrected chi connectivity index (χ4v) is 2.31. The summed E-state index contributed by atoms with van der Waals surface area (Å²) >= 11 is 1.53. The van der Waals surface area contributed by atoms with Crippen LogP contribution >= 0.6 is 11.8 Å². The first kappa shape index (κ1) is 11.8. The highest BCUT2D eigenvalue weighted by atomic mass is 32.2. The minimum absolute atomic E-state index is 0.701. The Morgan fingerprint density at radius 3 is 2.76 bits per heavy atom. The highest BCUT2D eigenvalue weighted by Crippen LogP contribution is 2.26. The van der Waals surface area contributed by atoms with E-state index in [1.165, 1.54) is 16.4 Å². The highest BCUT2D eigenvalue weighted by Gasteiger charge is 2.08. The minimum Gasteiger partial charge on any atom is -0.496 e. The summed E-state index contributed by atoms with van der Waals surface area (Å²) in [7, 11) is 1.67. The average Bonchev–Trinajstić information content (AvgIpc) is 2.68. The molecule has 0 atom stereocenters. The first-order chi connectivity index (χ1) is 8.22. The van der Waals surface area contributed by atoms with Crippen LogP contribution in [0.2, 0.25) is 0 Å². The predicted octanol–water partition coefficient (Wildman–Crippen LogP) is 1.60. The number of benzene rings is 1. The van der Waals surface area contributed by atoms with Gasteiger partial charge in [0.05, 0.1) is 7.11 Å². The normalized spacial score (nSPS) is 10.5. The second-order valence-corrected chi connectivity index (χ2v) is 4.44. The van der Waals surface area contributed by atoms with Crippen LogP contribution in [0.25, 0.3) is 0 Å². The molecule has 1 heterocycles. The summed E-state index contributed by atoms with van der Waals surface area (Å²) in [6.45, 7) is 1.82. The van der Waals surface area contributed by atoms with Gasteiger partial charge in [-0.1, -0.05) is 30.0 Å². The maximum Gasteiger partial charge on any atom is 0.210 e. The number of aryl methyl sites for hydroxylation is 1. The number of thioether (sulfide) groups is 1. The number of para-hydroxylation sites is 1. The SMILES string of the molecule is COc1ccccc1CSc1nnc(C)n1N. The molecule has 0 unspecified atom stereocenters. The molecule has 0 aliphatic heterocycles. The summed E-state index contributed by atoms with van der Waals surface area (Å²) in [5.41, 5.74) is 1.11. The van der Waals surface area contributed by atoms with Gasteiger partial charge in [0, 0.05) is 11.3 Å². The molecule has 90 valence electrons. The molecule has 5 nitrogen and oxygen atoms in total. The number of nitrogens with two attached hydrogens (primary N) is 1. The molecule has 0 spiro atoms. The molecule has 0 aliphatic carbocycles. The van der Waals surface area contributed by atoms with Crippen molar-refractivity contribution in [2.45, 2.75) is 17.8 Å². The number of rotatable bonds is 4. The third-order valence-corrected chi connectivity index (χ3v) is 3.38. The molecule has 0 aliphatic rings. The first-order valence-corrected chi connectivity index (χ1v) is 6.12. The van der Waals surface area contributed by atoms with Crippen molar-refractivity contribution < 1.29 is 4.74 Å². The molecule has 0 saturated heterocycles. The summed E-state index contributed by atoms with van der Waals surface area (Å²) in [5, 5.41) is 8.61. The maximum atomic E-state index is 5.78. The quantitative estimate of drug-likeness (QED) is 0.659. The van der Waals surface area contributed by atoms with Gasteiger partial charge < -0.3 is 10.6 Å². The fraction of sp³-hybridized carbons (Fsp3) is 0.273. The van der Waals surface area contributed by atoms with Gasteiger partial charge in [-0.3, -0.25) is 0 Å². The Bertz CT molecular complexity index is 512. The molecule has 17 heavy (non-hydrogen) atoms. The Balaban J connectivity index is 2.10. The molecule has 2 N–H and O–H groups in total. The summed E-state index contributed by atoms with van der Waals surface area (Å²) in [5.74, 6) is 8.10. The van der Waals surface area contributed by atoms with Crippen molar-refractivity contribution in [3.05, 3.63) is 35.7 Å². The third kappa shape index (κ3) is 2.52. The lowest BCUT2D eigenvalue weighted by atomic mass is 10.2. The number of ether oxygens (including phenoxy) is 1. The third-order valence-electron chi connectivity index (χ3n) is 2.38. The number of aromatic nitrogens is 3. The van der Waals surface area contributed by atoms with Crippen LogP contribution in [0.3, 0.4) is 0 Å². The molecule has 1 aromatic heterocycles. The molecule has 0 amide bonds. The van der Waals surface area contributed by atoms with Crippen LogP contribution in [0.1, 0.15) is 11.4 Å². The van der Waals surface area contributed by atoms with E-state index in [1.54, 1.807) is 7.11 Å². The molecule has 0 saturated carbocycles. The summed E-state index contributed by atoms with van der Waals surface area (Å²) < 4.78 is 6.77. The van der Waals surface area contributed by atoms with Crippen LogP contribution < -0.4 is 10.6 Å². The van der Waals surface area contributed by atoms with Gasteiger partial charge in [0.15, 0.2) is 0 Å². The predicted molar refractivity (Wildman–Crippen MR) is 67.5 cm³/mol. The van der Waals surface area contributed by atoms with Gasteiger partial charge in [-0.05, 0) is 13.0 Å². The van der Waals surface area contributed by atoms with Crippen molar-refractivity contribution in [3.8, 4) is 5.75 Å². The van der Waals surface area contributed by atoms with E-state index in [-0.39, 0.29) is 0 Å². The number of hydrogen-bond donors (Lipinski definition) is 1. The zero-order chi connectivity index (χ0) is 12.3. The van der Waals surface area contributed by atoms with Gasteiger partial charge in [-0.2, -0.15) is 0 Å². The van der Waals surface area contributed by atoms with Crippen LogP contribution in [-0.2, 0) is 5.75 Å². The van der Waals surface area contributed by atoms with E-state index in [9.17, 15) is 0 Å². The van der Waals surface area contributed by atoms with Crippen molar-refractivity contribution >= 4 is 11.8 Å². The Morgan fingerprint density at radius 2 is 2.12 bits per heavy atom. The van der Waals surface area contributed by atoms with Crippen LogP contribution in [0.4, 0.5) is 0 Å². The van der Waals surface area contributed by atoms with E-state index < -0.39 is 0 Å². The lowest BCUT2D eigenvalue weighted by molar-refractivity contribution is 0.411. The van der Waals surface area contributed by atoms with Gasteiger partial charge in [0.25, 0.3) is 0 Å². The van der Waals surface area contributed by atoms with Crippen molar-refractivity contribution in [2.24, 2.45) is 0 Å². The van der Waals surface area contributed by atoms with Gasteiger partial charge in [0.1, 0.15) is 11.6 Å². The lowest BCUT2D eigenvalue weighted by Crippen LogP contribution is -2.11. The van der Waals surface area contributed by atoms with Gasteiger partial charge in [0.2, 0.25) is 5.16 Å². The second-order valence-electron chi connectivity index (χ2n) is 3.50. The standard InChI is InChI=1S/C11H14N4OS/c1-8-13-14-11(15(8)12)17-7-9-5-3-4-6-10(9)16-2/h3-6H,7,12H2,1-2H3. The molecule has 0 bridgehead atoms. The Morgan fingerprint density at radius 1 is 1.35 bits per heavy atom. The van der Waals surface area contributed by atoms with Gasteiger partial charge in [-0.15, -0.1) is 10.2 Å². The highest BCUT2D eigenvalue weighted by molar-refractivity contribution is 7.98. The largest absolute Gasteiger partial charge is 0.496 e. The summed E-state index contributed by atoms with van der Waals surface area (Å²) in [4.78, 5) is 0. The molecule has 2 aromatic rings. The maximum absolute atomic E-state index is 5.78. The Labute approximate surface area is 104 Å². The van der Waals surface area contributed by atoms with Crippen LogP contribution in [0, 0.1) is 6.92 Å². The number of nitrogen functional groups attached to an aromatic ring is 1. The van der Waals surface area contributed by atoms with Crippen molar-refractivity contribution in [2.75, 3.05) is 13.0 Å². The monoisotopic (exact) mass is 250 g/mol. The molecule has 1 aromatic carbocycles. The van der Waals surface area contributed by atoms with Crippen LogP contribution in [0.15, 0.2) is 29.4 Å².